The number of aryl methyl sites for hydroxylation is 2. The minimum atomic E-state index is 0.0315. The van der Waals surface area contributed by atoms with Gasteiger partial charge in [0.1, 0.15) is 11.6 Å². The lowest BCUT2D eigenvalue weighted by Crippen LogP contribution is -2.23. The Morgan fingerprint density at radius 2 is 1.82 bits per heavy atom. The number of nitrogens with one attached hydrogen (secondary N) is 2. The van der Waals surface area contributed by atoms with Crippen molar-refractivity contribution in [2.75, 3.05) is 0 Å². The molecule has 1 aromatic carbocycles. The molecule has 0 bridgehead atoms. The van der Waals surface area contributed by atoms with Crippen molar-refractivity contribution in [1.82, 2.24) is 20.5 Å². The highest BCUT2D eigenvalue weighted by Gasteiger charge is 2.07. The van der Waals surface area contributed by atoms with Gasteiger partial charge in [-0.25, -0.2) is 0 Å². The van der Waals surface area contributed by atoms with Gasteiger partial charge < -0.3 is 10.3 Å². The van der Waals surface area contributed by atoms with Crippen molar-refractivity contribution < 1.29 is 4.79 Å². The summed E-state index contributed by atoms with van der Waals surface area (Å²) in [7, 11) is 0. The van der Waals surface area contributed by atoms with Crippen LogP contribution in [-0.4, -0.2) is 21.1 Å². The van der Waals surface area contributed by atoms with Crippen molar-refractivity contribution in [3.8, 4) is 0 Å². The highest BCUT2D eigenvalue weighted by molar-refractivity contribution is 5.76. The molecule has 5 nitrogen and oxygen atoms in total. The van der Waals surface area contributed by atoms with Crippen LogP contribution in [-0.2, 0) is 24.2 Å². The molecule has 1 aromatic heterocycles. The monoisotopic (exact) mass is 300 g/mol. The summed E-state index contributed by atoms with van der Waals surface area (Å²) in [5.74, 6) is 2.38. The lowest BCUT2D eigenvalue weighted by atomic mass is 10.1. The van der Waals surface area contributed by atoms with Gasteiger partial charge in [-0.05, 0) is 17.9 Å². The lowest BCUT2D eigenvalue weighted by molar-refractivity contribution is -0.121. The van der Waals surface area contributed by atoms with Crippen LogP contribution in [0, 0.1) is 5.92 Å². The zero-order valence-electron chi connectivity index (χ0n) is 13.3. The third-order valence-corrected chi connectivity index (χ3v) is 3.46. The average Bonchev–Trinajstić information content (AvgIpc) is 2.98. The van der Waals surface area contributed by atoms with Crippen LogP contribution in [0.15, 0.2) is 30.3 Å². The van der Waals surface area contributed by atoms with E-state index in [2.05, 4.69) is 34.3 Å². The van der Waals surface area contributed by atoms with Crippen LogP contribution in [0.4, 0.5) is 0 Å². The fourth-order valence-corrected chi connectivity index (χ4v) is 2.10. The van der Waals surface area contributed by atoms with Gasteiger partial charge in [-0.1, -0.05) is 44.2 Å². The molecule has 2 aromatic rings. The Kier molecular flexibility index (Phi) is 6.13. The van der Waals surface area contributed by atoms with E-state index in [0.29, 0.717) is 25.3 Å². The number of rotatable bonds is 8. The Balaban J connectivity index is 1.70. The topological polar surface area (TPSA) is 70.7 Å². The summed E-state index contributed by atoms with van der Waals surface area (Å²) in [5, 5.41) is 11.1. The number of benzene rings is 1. The third-order valence-electron chi connectivity index (χ3n) is 3.46. The van der Waals surface area contributed by atoms with Crippen LogP contribution in [0.2, 0.25) is 0 Å². The van der Waals surface area contributed by atoms with E-state index >= 15 is 0 Å². The summed E-state index contributed by atoms with van der Waals surface area (Å²) < 4.78 is 0. The van der Waals surface area contributed by atoms with E-state index in [1.165, 1.54) is 0 Å². The average molecular weight is 300 g/mol. The van der Waals surface area contributed by atoms with Crippen LogP contribution in [0.1, 0.15) is 43.9 Å². The van der Waals surface area contributed by atoms with E-state index in [9.17, 15) is 4.79 Å². The van der Waals surface area contributed by atoms with Gasteiger partial charge in [-0.15, -0.1) is 10.2 Å². The van der Waals surface area contributed by atoms with E-state index < -0.39 is 0 Å². The summed E-state index contributed by atoms with van der Waals surface area (Å²) >= 11 is 0. The fraction of sp³-hybridized carbons (Fsp3) is 0.471. The van der Waals surface area contributed by atoms with Crippen LogP contribution < -0.4 is 5.32 Å². The van der Waals surface area contributed by atoms with E-state index in [4.69, 9.17) is 0 Å². The lowest BCUT2D eigenvalue weighted by Gasteiger charge is -2.04. The standard InChI is InChI=1S/C17H24N4O/c1-13(2)8-9-15-19-16(21-20-15)10-11-17(22)18-12-14-6-4-3-5-7-14/h3-7,13H,8-12H2,1-2H3,(H,18,22)(H,19,20,21). The number of carbonyl (C=O) groups excluding carboxylic acids is 1. The predicted octanol–water partition coefficient (Wildman–Crippen LogP) is 2.64. The van der Waals surface area contributed by atoms with Crippen LogP contribution in [0.3, 0.4) is 0 Å². The second-order valence-electron chi connectivity index (χ2n) is 5.91. The van der Waals surface area contributed by atoms with Crippen LogP contribution in [0.5, 0.6) is 0 Å². The molecule has 118 valence electrons. The Hall–Kier alpha value is -2.17. The third kappa shape index (κ3) is 5.68. The molecule has 2 N–H and O–H groups in total. The van der Waals surface area contributed by atoms with Gasteiger partial charge >= 0.3 is 0 Å². The minimum absolute atomic E-state index is 0.0315. The molecule has 0 atom stereocenters. The van der Waals surface area contributed by atoms with Crippen molar-refractivity contribution in [3.63, 3.8) is 0 Å². The molecule has 1 heterocycles. The Morgan fingerprint density at radius 1 is 1.14 bits per heavy atom. The first-order valence-electron chi connectivity index (χ1n) is 7.84. The molecule has 0 fully saturated rings. The molecular weight excluding hydrogens is 276 g/mol. The van der Waals surface area contributed by atoms with Crippen molar-refractivity contribution in [3.05, 3.63) is 47.5 Å². The summed E-state index contributed by atoms with van der Waals surface area (Å²) in [6.07, 6.45) is 3.01. The van der Waals surface area contributed by atoms with Crippen molar-refractivity contribution >= 4 is 5.91 Å². The molecule has 22 heavy (non-hydrogen) atoms. The van der Waals surface area contributed by atoms with Crippen molar-refractivity contribution in [2.45, 2.75) is 46.1 Å². The van der Waals surface area contributed by atoms with Crippen LogP contribution in [0.25, 0.3) is 0 Å². The predicted molar refractivity (Wildman–Crippen MR) is 86.2 cm³/mol. The summed E-state index contributed by atoms with van der Waals surface area (Å²) in [6.45, 7) is 4.94. The van der Waals surface area contributed by atoms with Crippen molar-refractivity contribution in [2.24, 2.45) is 5.92 Å². The van der Waals surface area contributed by atoms with E-state index in [-0.39, 0.29) is 5.91 Å². The molecule has 0 aliphatic rings. The number of hydrogen-bond donors (Lipinski definition) is 2. The maximum atomic E-state index is 11.8. The second kappa shape index (κ2) is 8.32. The maximum Gasteiger partial charge on any atom is 0.220 e. The van der Waals surface area contributed by atoms with Gasteiger partial charge in [0.05, 0.1) is 0 Å². The summed E-state index contributed by atoms with van der Waals surface area (Å²) in [6, 6.07) is 9.89. The summed E-state index contributed by atoms with van der Waals surface area (Å²) in [4.78, 5) is 15.0. The van der Waals surface area contributed by atoms with E-state index in [1.54, 1.807) is 0 Å². The zero-order chi connectivity index (χ0) is 15.8. The summed E-state index contributed by atoms with van der Waals surface area (Å²) in [5.41, 5.74) is 1.10. The van der Waals surface area contributed by atoms with Gasteiger partial charge in [0.2, 0.25) is 5.91 Å². The molecule has 1 amide bonds. The first-order chi connectivity index (χ1) is 10.6. The molecule has 2 rings (SSSR count). The number of H-pyrrole nitrogens is 1. The molecule has 0 radical (unpaired) electrons. The first-order valence-corrected chi connectivity index (χ1v) is 7.84. The number of aromatic amines is 1. The van der Waals surface area contributed by atoms with E-state index in [0.717, 1.165) is 30.1 Å². The van der Waals surface area contributed by atoms with Crippen LogP contribution >= 0.6 is 0 Å². The second-order valence-corrected chi connectivity index (χ2v) is 5.91. The number of carbonyl (C=O) groups is 1. The first kappa shape index (κ1) is 16.2. The normalized spacial score (nSPS) is 10.9. The molecule has 0 saturated heterocycles. The molecule has 0 saturated carbocycles. The van der Waals surface area contributed by atoms with Gasteiger partial charge in [0, 0.05) is 25.8 Å². The Labute approximate surface area is 131 Å². The van der Waals surface area contributed by atoms with Gasteiger partial charge in [-0.2, -0.15) is 0 Å². The minimum Gasteiger partial charge on any atom is -0.352 e. The van der Waals surface area contributed by atoms with E-state index in [1.807, 2.05) is 30.3 Å². The fourth-order valence-electron chi connectivity index (χ4n) is 2.10. The largest absolute Gasteiger partial charge is 0.352 e. The maximum absolute atomic E-state index is 11.8. The van der Waals surface area contributed by atoms with Gasteiger partial charge in [0.25, 0.3) is 0 Å². The quantitative estimate of drug-likeness (QED) is 0.787. The van der Waals surface area contributed by atoms with Gasteiger partial charge in [-0.3, -0.25) is 4.79 Å². The van der Waals surface area contributed by atoms with Gasteiger partial charge in [0.15, 0.2) is 0 Å². The zero-order valence-corrected chi connectivity index (χ0v) is 13.3. The number of hydrogen-bond acceptors (Lipinski definition) is 3. The molecular formula is C17H24N4O. The Bertz CT molecular complexity index is 577. The number of aromatic nitrogens is 3. The molecule has 0 aliphatic carbocycles. The molecule has 0 aliphatic heterocycles. The molecule has 0 unspecified atom stereocenters. The Morgan fingerprint density at radius 3 is 2.50 bits per heavy atom. The highest BCUT2D eigenvalue weighted by Crippen LogP contribution is 2.06. The number of nitrogens with zero attached hydrogens (tertiary/aromatic N) is 2. The highest BCUT2D eigenvalue weighted by atomic mass is 16.1. The molecule has 5 heteroatoms. The smallest absolute Gasteiger partial charge is 0.220 e. The van der Waals surface area contributed by atoms with Crippen molar-refractivity contribution in [1.29, 1.82) is 0 Å². The number of amides is 1. The SMILES string of the molecule is CC(C)CCc1nnc(CCC(=O)NCc2ccccc2)[nH]1. The molecule has 0 spiro atoms.